The van der Waals surface area contributed by atoms with Crippen LogP contribution in [0, 0.1) is 17.6 Å². The van der Waals surface area contributed by atoms with E-state index in [-0.39, 0.29) is 17.7 Å². The Morgan fingerprint density at radius 1 is 0.800 bits per heavy atom. The Morgan fingerprint density at radius 3 is 1.77 bits per heavy atom. The van der Waals surface area contributed by atoms with Crippen LogP contribution in [0.25, 0.3) is 0 Å². The molecule has 1 saturated heterocycles. The predicted molar refractivity (Wildman–Crippen MR) is 146 cm³/mol. The summed E-state index contributed by atoms with van der Waals surface area (Å²) in [5.74, 6) is -3.63. The van der Waals surface area contributed by atoms with Crippen molar-refractivity contribution in [2.45, 2.75) is 37.9 Å². The SMILES string of the molecule is O=C(O)C(=O)O.O[C@@H](CCN1CCC(CCOC(c2ccc(F)cc2)c2ccc(F)cc2)CC1)c1ccccc1. The number of aliphatic hydroxyl groups excluding tert-OH is 1. The maximum atomic E-state index is 13.4. The quantitative estimate of drug-likeness (QED) is 0.286. The normalized spacial score (nSPS) is 14.8. The molecule has 1 heterocycles. The van der Waals surface area contributed by atoms with Gasteiger partial charge >= 0.3 is 11.9 Å². The number of carbonyl (C=O) groups is 2. The highest BCUT2D eigenvalue weighted by atomic mass is 19.1. The molecule has 0 bridgehead atoms. The van der Waals surface area contributed by atoms with Gasteiger partial charge in [-0.2, -0.15) is 0 Å². The van der Waals surface area contributed by atoms with Crippen molar-refractivity contribution in [1.82, 2.24) is 4.90 Å². The zero-order chi connectivity index (χ0) is 28.9. The smallest absolute Gasteiger partial charge is 0.414 e. The summed E-state index contributed by atoms with van der Waals surface area (Å²) in [6.45, 7) is 3.56. The van der Waals surface area contributed by atoms with Gasteiger partial charge in [0.15, 0.2) is 0 Å². The Bertz CT molecular complexity index is 1130. The molecule has 0 unspecified atom stereocenters. The van der Waals surface area contributed by atoms with Crippen molar-refractivity contribution in [1.29, 1.82) is 0 Å². The lowest BCUT2D eigenvalue weighted by Crippen LogP contribution is -2.35. The van der Waals surface area contributed by atoms with Crippen LogP contribution in [0.1, 0.15) is 54.6 Å². The van der Waals surface area contributed by atoms with E-state index in [9.17, 15) is 13.9 Å². The summed E-state index contributed by atoms with van der Waals surface area (Å²) in [4.78, 5) is 20.6. The molecule has 0 spiro atoms. The molecule has 0 aromatic heterocycles. The molecular formula is C31H35F2NO6. The number of rotatable bonds is 10. The van der Waals surface area contributed by atoms with E-state index >= 15 is 0 Å². The summed E-state index contributed by atoms with van der Waals surface area (Å²) in [5.41, 5.74) is 2.70. The largest absolute Gasteiger partial charge is 0.473 e. The van der Waals surface area contributed by atoms with Crippen LogP contribution in [0.15, 0.2) is 78.9 Å². The molecule has 1 aliphatic rings. The number of aliphatic carboxylic acids is 2. The predicted octanol–water partition coefficient (Wildman–Crippen LogP) is 5.45. The van der Waals surface area contributed by atoms with Gasteiger partial charge in [-0.3, -0.25) is 0 Å². The van der Waals surface area contributed by atoms with E-state index in [4.69, 9.17) is 24.5 Å². The average molecular weight is 556 g/mol. The first-order valence-corrected chi connectivity index (χ1v) is 13.3. The summed E-state index contributed by atoms with van der Waals surface area (Å²) >= 11 is 0. The summed E-state index contributed by atoms with van der Waals surface area (Å²) < 4.78 is 33.1. The average Bonchev–Trinajstić information content (AvgIpc) is 2.97. The van der Waals surface area contributed by atoms with E-state index in [1.165, 1.54) is 24.3 Å². The zero-order valence-electron chi connectivity index (χ0n) is 22.2. The number of aliphatic hydroxyl groups is 1. The van der Waals surface area contributed by atoms with E-state index in [0.717, 1.165) is 62.0 Å². The first-order valence-electron chi connectivity index (χ1n) is 13.3. The lowest BCUT2D eigenvalue weighted by molar-refractivity contribution is -0.159. The van der Waals surface area contributed by atoms with Gasteiger partial charge in [0, 0.05) is 13.2 Å². The van der Waals surface area contributed by atoms with Crippen molar-refractivity contribution < 1.29 is 38.4 Å². The van der Waals surface area contributed by atoms with E-state index in [0.29, 0.717) is 12.5 Å². The molecule has 1 fully saturated rings. The fourth-order valence-electron chi connectivity index (χ4n) is 4.66. The number of piperidine rings is 1. The third-order valence-corrected chi connectivity index (χ3v) is 6.95. The number of likely N-dealkylation sites (tertiary alicyclic amines) is 1. The maximum Gasteiger partial charge on any atom is 0.414 e. The Labute approximate surface area is 232 Å². The molecule has 1 atom stereocenters. The van der Waals surface area contributed by atoms with E-state index in [1.54, 1.807) is 24.3 Å². The molecule has 1 aliphatic heterocycles. The maximum absolute atomic E-state index is 13.4. The number of hydrogen-bond donors (Lipinski definition) is 3. The first-order chi connectivity index (χ1) is 19.2. The first kappa shape index (κ1) is 30.9. The summed E-state index contributed by atoms with van der Waals surface area (Å²) in [7, 11) is 0. The Kier molecular flexibility index (Phi) is 12.2. The van der Waals surface area contributed by atoms with Crippen molar-refractivity contribution in [2.24, 2.45) is 5.92 Å². The third-order valence-electron chi connectivity index (χ3n) is 6.95. The molecule has 4 rings (SSSR count). The molecule has 214 valence electrons. The summed E-state index contributed by atoms with van der Waals surface area (Å²) in [6, 6.07) is 22.5. The second-order valence-corrected chi connectivity index (χ2v) is 9.75. The molecule has 3 aromatic rings. The minimum atomic E-state index is -1.82. The zero-order valence-corrected chi connectivity index (χ0v) is 22.2. The van der Waals surface area contributed by atoms with Crippen molar-refractivity contribution >= 4 is 11.9 Å². The van der Waals surface area contributed by atoms with Crippen LogP contribution in [0.4, 0.5) is 8.78 Å². The number of halogens is 2. The highest BCUT2D eigenvalue weighted by Gasteiger charge is 2.21. The van der Waals surface area contributed by atoms with Crippen LogP contribution in [-0.4, -0.2) is 58.4 Å². The van der Waals surface area contributed by atoms with Gasteiger partial charge in [-0.15, -0.1) is 0 Å². The fourth-order valence-corrected chi connectivity index (χ4v) is 4.66. The number of nitrogens with zero attached hydrogens (tertiary/aromatic N) is 1. The molecule has 0 radical (unpaired) electrons. The van der Waals surface area contributed by atoms with Crippen molar-refractivity contribution in [3.05, 3.63) is 107 Å². The summed E-state index contributed by atoms with van der Waals surface area (Å²) in [5, 5.41) is 25.2. The molecule has 40 heavy (non-hydrogen) atoms. The fraction of sp³-hybridized carbons (Fsp3) is 0.355. The molecule has 0 amide bonds. The number of carboxylic acids is 2. The molecule has 7 nitrogen and oxygen atoms in total. The highest BCUT2D eigenvalue weighted by Crippen LogP contribution is 2.29. The van der Waals surface area contributed by atoms with Gasteiger partial charge in [-0.25, -0.2) is 18.4 Å². The Hall–Kier alpha value is -3.66. The van der Waals surface area contributed by atoms with Crippen LogP contribution in [0.3, 0.4) is 0 Å². The van der Waals surface area contributed by atoms with Gasteiger partial charge in [0.05, 0.1) is 6.10 Å². The van der Waals surface area contributed by atoms with Crippen LogP contribution in [0.5, 0.6) is 0 Å². The second-order valence-electron chi connectivity index (χ2n) is 9.75. The lowest BCUT2D eigenvalue weighted by Gasteiger charge is -2.32. The summed E-state index contributed by atoms with van der Waals surface area (Å²) in [6.07, 6.45) is 3.17. The van der Waals surface area contributed by atoms with Gasteiger partial charge in [0.25, 0.3) is 0 Å². The van der Waals surface area contributed by atoms with Gasteiger partial charge in [-0.05, 0) is 85.6 Å². The number of hydrogen-bond acceptors (Lipinski definition) is 5. The minimum absolute atomic E-state index is 0.287. The number of carboxylic acid groups (broad SMARTS) is 2. The third kappa shape index (κ3) is 10.1. The highest BCUT2D eigenvalue weighted by molar-refractivity contribution is 6.27. The standard InChI is InChI=1S/C29H33F2NO2.C2H2O4/c30-26-10-6-24(7-11-26)29(25-8-12-27(31)13-9-25)34-21-17-22-14-18-32(19-15-22)20-16-28(33)23-4-2-1-3-5-23;3-1(4)2(5)6/h1-13,22,28-29,33H,14-21H2;(H,3,4)(H,5,6)/t28-;/m0./s1. The van der Waals surface area contributed by atoms with Gasteiger partial charge < -0.3 is 25.0 Å². The monoisotopic (exact) mass is 555 g/mol. The second kappa shape index (κ2) is 15.8. The number of ether oxygens (including phenoxy) is 1. The van der Waals surface area contributed by atoms with Gasteiger partial charge in [0.1, 0.15) is 17.7 Å². The molecule has 3 aromatic carbocycles. The minimum Gasteiger partial charge on any atom is -0.473 e. The van der Waals surface area contributed by atoms with Crippen molar-refractivity contribution in [2.75, 3.05) is 26.2 Å². The van der Waals surface area contributed by atoms with Gasteiger partial charge in [-0.1, -0.05) is 54.6 Å². The molecule has 0 aliphatic carbocycles. The van der Waals surface area contributed by atoms with Crippen molar-refractivity contribution in [3.63, 3.8) is 0 Å². The Balaban J connectivity index is 0.000000663. The van der Waals surface area contributed by atoms with E-state index in [2.05, 4.69) is 4.90 Å². The molecule has 9 heteroatoms. The van der Waals surface area contributed by atoms with Gasteiger partial charge in [0.2, 0.25) is 0 Å². The topological polar surface area (TPSA) is 107 Å². The number of benzene rings is 3. The van der Waals surface area contributed by atoms with Crippen LogP contribution in [-0.2, 0) is 14.3 Å². The van der Waals surface area contributed by atoms with Crippen LogP contribution >= 0.6 is 0 Å². The van der Waals surface area contributed by atoms with Crippen LogP contribution in [0.2, 0.25) is 0 Å². The van der Waals surface area contributed by atoms with Crippen LogP contribution < -0.4 is 0 Å². The van der Waals surface area contributed by atoms with Crippen molar-refractivity contribution in [3.8, 4) is 0 Å². The molecular weight excluding hydrogens is 520 g/mol. The van der Waals surface area contributed by atoms with E-state index < -0.39 is 18.0 Å². The molecule has 3 N–H and O–H groups in total. The lowest BCUT2D eigenvalue weighted by atomic mass is 9.93. The molecule has 0 saturated carbocycles. The van der Waals surface area contributed by atoms with E-state index in [1.807, 2.05) is 30.3 Å². The Morgan fingerprint density at radius 2 is 1.30 bits per heavy atom.